The quantitative estimate of drug-likeness (QED) is 0.195. The van der Waals surface area contributed by atoms with E-state index in [1.807, 2.05) is 0 Å². The minimum atomic E-state index is -0.786. The molecule has 0 N–H and O–H groups in total. The fourth-order valence-corrected chi connectivity index (χ4v) is 3.46. The number of ether oxygens (including phenoxy) is 3. The Hall–Kier alpha value is -4.36. The molecule has 4 rings (SSSR count). The van der Waals surface area contributed by atoms with Gasteiger partial charge in [0.15, 0.2) is 17.3 Å². The molecule has 0 spiro atoms. The van der Waals surface area contributed by atoms with Gasteiger partial charge in [0.2, 0.25) is 11.2 Å². The summed E-state index contributed by atoms with van der Waals surface area (Å²) < 4.78 is 21.7. The number of benzene rings is 3. The molecule has 0 atom stereocenters. The van der Waals surface area contributed by atoms with Gasteiger partial charge in [0.25, 0.3) is 0 Å². The standard InChI is InChI=1S/C27H19ClO7/c1-16(29)33-22-13-7-17(15-23(22)32-2)8-14-24(30)35-27-25(31)20-5-3-4-6-21(20)34-26(27)18-9-11-19(28)12-10-18/h3-15H,1-2H3/b14-8+. The number of para-hydroxylation sites is 1. The minimum Gasteiger partial charge on any atom is -0.493 e. The largest absolute Gasteiger partial charge is 0.493 e. The monoisotopic (exact) mass is 490 g/mol. The molecule has 7 nitrogen and oxygen atoms in total. The maximum atomic E-state index is 13.2. The molecule has 0 amide bonds. The molecule has 0 unspecified atom stereocenters. The summed E-state index contributed by atoms with van der Waals surface area (Å²) in [6.45, 7) is 1.28. The van der Waals surface area contributed by atoms with E-state index in [-0.39, 0.29) is 22.6 Å². The zero-order chi connectivity index (χ0) is 24.9. The molecule has 1 heterocycles. The van der Waals surface area contributed by atoms with Gasteiger partial charge >= 0.3 is 11.9 Å². The number of halogens is 1. The summed E-state index contributed by atoms with van der Waals surface area (Å²) in [6.07, 6.45) is 2.65. The Morgan fingerprint density at radius 2 is 1.69 bits per heavy atom. The summed E-state index contributed by atoms with van der Waals surface area (Å²) in [6, 6.07) is 18.1. The van der Waals surface area contributed by atoms with Crippen molar-refractivity contribution in [2.75, 3.05) is 7.11 Å². The van der Waals surface area contributed by atoms with Crippen LogP contribution >= 0.6 is 11.6 Å². The lowest BCUT2D eigenvalue weighted by Crippen LogP contribution is -2.14. The average molecular weight is 491 g/mol. The first-order chi connectivity index (χ1) is 16.9. The van der Waals surface area contributed by atoms with Crippen LogP contribution in [0.5, 0.6) is 17.2 Å². The molecule has 0 aliphatic rings. The molecule has 0 fully saturated rings. The van der Waals surface area contributed by atoms with Gasteiger partial charge in [-0.3, -0.25) is 9.59 Å². The van der Waals surface area contributed by atoms with Crippen molar-refractivity contribution in [3.63, 3.8) is 0 Å². The Balaban J connectivity index is 1.67. The van der Waals surface area contributed by atoms with Crippen molar-refractivity contribution in [2.45, 2.75) is 6.92 Å². The molecule has 0 saturated carbocycles. The molecule has 0 bridgehead atoms. The van der Waals surface area contributed by atoms with Crippen molar-refractivity contribution in [1.82, 2.24) is 0 Å². The molecular weight excluding hydrogens is 472 g/mol. The maximum absolute atomic E-state index is 13.2. The second-order valence-corrected chi connectivity index (χ2v) is 7.79. The van der Waals surface area contributed by atoms with Crippen LogP contribution in [-0.4, -0.2) is 19.0 Å². The molecule has 1 aromatic heterocycles. The lowest BCUT2D eigenvalue weighted by molar-refractivity contribution is -0.132. The van der Waals surface area contributed by atoms with Gasteiger partial charge in [-0.25, -0.2) is 4.79 Å². The first kappa shape index (κ1) is 23.8. The summed E-state index contributed by atoms with van der Waals surface area (Å²) in [7, 11) is 1.43. The highest BCUT2D eigenvalue weighted by molar-refractivity contribution is 6.30. The van der Waals surface area contributed by atoms with E-state index in [4.69, 9.17) is 30.2 Å². The number of hydrogen-bond donors (Lipinski definition) is 0. The van der Waals surface area contributed by atoms with Crippen molar-refractivity contribution in [2.24, 2.45) is 0 Å². The molecule has 8 heteroatoms. The number of fused-ring (bicyclic) bond motifs is 1. The molecule has 176 valence electrons. The molecule has 0 radical (unpaired) electrons. The van der Waals surface area contributed by atoms with Crippen LogP contribution in [0.15, 0.2) is 82.0 Å². The number of esters is 2. The summed E-state index contributed by atoms with van der Waals surface area (Å²) in [5.41, 5.74) is 0.983. The van der Waals surface area contributed by atoms with E-state index >= 15 is 0 Å². The number of carbonyl (C=O) groups excluding carboxylic acids is 2. The van der Waals surface area contributed by atoms with Crippen LogP contribution in [0.4, 0.5) is 0 Å². The van der Waals surface area contributed by atoms with Gasteiger partial charge in [-0.05, 0) is 60.2 Å². The molecule has 3 aromatic carbocycles. The highest BCUT2D eigenvalue weighted by Gasteiger charge is 2.19. The van der Waals surface area contributed by atoms with Crippen molar-refractivity contribution >= 4 is 40.6 Å². The molecule has 0 aliphatic carbocycles. The fraction of sp³-hybridized carbons (Fsp3) is 0.0741. The normalized spacial score (nSPS) is 10.9. The van der Waals surface area contributed by atoms with Gasteiger partial charge in [-0.1, -0.05) is 29.8 Å². The summed E-state index contributed by atoms with van der Waals surface area (Å²) in [5, 5.41) is 0.788. The Labute approximate surface area is 205 Å². The molecule has 0 saturated heterocycles. The Morgan fingerprint density at radius 1 is 0.943 bits per heavy atom. The van der Waals surface area contributed by atoms with Gasteiger partial charge in [0, 0.05) is 23.6 Å². The topological polar surface area (TPSA) is 92.0 Å². The smallest absolute Gasteiger partial charge is 0.336 e. The van der Waals surface area contributed by atoms with Crippen LogP contribution in [0.1, 0.15) is 12.5 Å². The van der Waals surface area contributed by atoms with E-state index in [1.165, 1.54) is 26.2 Å². The van der Waals surface area contributed by atoms with Crippen LogP contribution in [0.2, 0.25) is 5.02 Å². The summed E-state index contributed by atoms with van der Waals surface area (Å²) in [4.78, 5) is 37.0. The van der Waals surface area contributed by atoms with E-state index in [9.17, 15) is 14.4 Å². The zero-order valence-electron chi connectivity index (χ0n) is 18.7. The van der Waals surface area contributed by atoms with Gasteiger partial charge in [-0.15, -0.1) is 0 Å². The van der Waals surface area contributed by atoms with E-state index in [0.717, 1.165) is 0 Å². The maximum Gasteiger partial charge on any atom is 0.336 e. The first-order valence-electron chi connectivity index (χ1n) is 10.4. The highest BCUT2D eigenvalue weighted by atomic mass is 35.5. The Morgan fingerprint density at radius 3 is 2.40 bits per heavy atom. The number of methoxy groups -OCH3 is 1. The fourth-order valence-electron chi connectivity index (χ4n) is 3.33. The molecule has 4 aromatic rings. The van der Waals surface area contributed by atoms with Gasteiger partial charge < -0.3 is 18.6 Å². The van der Waals surface area contributed by atoms with Crippen molar-refractivity contribution in [3.8, 4) is 28.6 Å². The number of rotatable bonds is 6. The minimum absolute atomic E-state index is 0.111. The Kier molecular flexibility index (Phi) is 6.98. The third-order valence-electron chi connectivity index (χ3n) is 4.92. The average Bonchev–Trinajstić information content (AvgIpc) is 2.85. The molecular formula is C27H19ClO7. The third-order valence-corrected chi connectivity index (χ3v) is 5.17. The molecule has 0 aliphatic heterocycles. The van der Waals surface area contributed by atoms with Crippen molar-refractivity contribution in [1.29, 1.82) is 0 Å². The van der Waals surface area contributed by atoms with E-state index < -0.39 is 17.4 Å². The number of carbonyl (C=O) groups is 2. The van der Waals surface area contributed by atoms with Crippen molar-refractivity contribution < 1.29 is 28.2 Å². The van der Waals surface area contributed by atoms with Crippen LogP contribution in [0.3, 0.4) is 0 Å². The first-order valence-corrected chi connectivity index (χ1v) is 10.8. The van der Waals surface area contributed by atoms with Crippen LogP contribution in [-0.2, 0) is 9.59 Å². The lowest BCUT2D eigenvalue weighted by Gasteiger charge is -2.10. The summed E-state index contributed by atoms with van der Waals surface area (Å²) in [5.74, 6) is -0.827. The SMILES string of the molecule is COc1cc(/C=C/C(=O)Oc2c(-c3ccc(Cl)cc3)oc3ccccc3c2=O)ccc1OC(C)=O. The van der Waals surface area contributed by atoms with Gasteiger partial charge in [0.1, 0.15) is 5.58 Å². The second-order valence-electron chi connectivity index (χ2n) is 7.35. The lowest BCUT2D eigenvalue weighted by atomic mass is 10.1. The third kappa shape index (κ3) is 5.42. The predicted molar refractivity (Wildman–Crippen MR) is 132 cm³/mol. The molecule has 35 heavy (non-hydrogen) atoms. The van der Waals surface area contributed by atoms with E-state index in [0.29, 0.717) is 27.5 Å². The highest BCUT2D eigenvalue weighted by Crippen LogP contribution is 2.32. The summed E-state index contributed by atoms with van der Waals surface area (Å²) >= 11 is 5.98. The van der Waals surface area contributed by atoms with Crippen LogP contribution in [0.25, 0.3) is 28.4 Å². The predicted octanol–water partition coefficient (Wildman–Crippen LogP) is 5.67. The van der Waals surface area contributed by atoms with E-state index in [1.54, 1.807) is 66.7 Å². The van der Waals surface area contributed by atoms with Crippen molar-refractivity contribution in [3.05, 3.63) is 93.6 Å². The zero-order valence-corrected chi connectivity index (χ0v) is 19.5. The Bertz CT molecular complexity index is 1500. The second kappa shape index (κ2) is 10.3. The van der Waals surface area contributed by atoms with Gasteiger partial charge in [0.05, 0.1) is 12.5 Å². The number of hydrogen-bond acceptors (Lipinski definition) is 7. The van der Waals surface area contributed by atoms with Crippen LogP contribution < -0.4 is 19.6 Å². The van der Waals surface area contributed by atoms with Gasteiger partial charge in [-0.2, -0.15) is 0 Å². The van der Waals surface area contributed by atoms with Crippen LogP contribution in [0, 0.1) is 0 Å². The van der Waals surface area contributed by atoms with E-state index in [2.05, 4.69) is 0 Å².